The highest BCUT2D eigenvalue weighted by molar-refractivity contribution is 5.31. The molecule has 1 N–H and O–H groups in total. The number of benzene rings is 1. The molecule has 1 atom stereocenters. The number of ether oxygens (including phenoxy) is 1. The lowest BCUT2D eigenvalue weighted by molar-refractivity contribution is 0.193. The molecule has 0 saturated carbocycles. The Morgan fingerprint density at radius 2 is 2.36 bits per heavy atom. The monoisotopic (exact) mass is 196 g/mol. The highest BCUT2D eigenvalue weighted by atomic mass is 19.1. The smallest absolute Gasteiger partial charge is 0.129 e. The zero-order valence-corrected chi connectivity index (χ0v) is 8.03. The van der Waals surface area contributed by atoms with Crippen LogP contribution in [-0.2, 0) is 0 Å². The van der Waals surface area contributed by atoms with Gasteiger partial charge in [0.2, 0.25) is 0 Å². The van der Waals surface area contributed by atoms with E-state index in [1.165, 1.54) is 25.1 Å². The van der Waals surface area contributed by atoms with Crippen molar-refractivity contribution < 1.29 is 14.2 Å². The van der Waals surface area contributed by atoms with Crippen molar-refractivity contribution in [1.82, 2.24) is 0 Å². The summed E-state index contributed by atoms with van der Waals surface area (Å²) in [5.41, 5.74) is 0.242. The fourth-order valence-corrected chi connectivity index (χ4v) is 1.09. The summed E-state index contributed by atoms with van der Waals surface area (Å²) in [6.45, 7) is 5.38. The third-order valence-corrected chi connectivity index (χ3v) is 1.79. The van der Waals surface area contributed by atoms with Crippen LogP contribution in [0.15, 0.2) is 30.9 Å². The summed E-state index contributed by atoms with van der Waals surface area (Å²) < 4.78 is 18.3. The molecular formula is C11H13FO2. The molecular weight excluding hydrogens is 183 g/mol. The van der Waals surface area contributed by atoms with E-state index in [2.05, 4.69) is 6.58 Å². The van der Waals surface area contributed by atoms with Gasteiger partial charge in [-0.05, 0) is 25.1 Å². The molecule has 76 valence electrons. The number of aliphatic hydroxyl groups excluding tert-OH is 1. The molecule has 0 spiro atoms. The van der Waals surface area contributed by atoms with Gasteiger partial charge in [0, 0.05) is 5.56 Å². The van der Waals surface area contributed by atoms with Crippen LogP contribution in [0, 0.1) is 5.82 Å². The Balaban J connectivity index is 2.88. The summed E-state index contributed by atoms with van der Waals surface area (Å²) in [7, 11) is 0. The number of halogens is 1. The maximum atomic E-state index is 13.1. The molecule has 1 aromatic carbocycles. The molecule has 0 bridgehead atoms. The standard InChI is InChI=1S/C11H13FO2/c1-3-6-14-9-4-5-11(12)10(7-9)8(2)13/h3-5,7-8,13H,1,6H2,2H3. The maximum Gasteiger partial charge on any atom is 0.129 e. The number of rotatable bonds is 4. The average molecular weight is 196 g/mol. The van der Waals surface area contributed by atoms with Crippen LogP contribution in [0.1, 0.15) is 18.6 Å². The highest BCUT2D eigenvalue weighted by Gasteiger charge is 2.08. The molecule has 14 heavy (non-hydrogen) atoms. The van der Waals surface area contributed by atoms with Gasteiger partial charge < -0.3 is 9.84 Å². The maximum absolute atomic E-state index is 13.1. The third kappa shape index (κ3) is 2.57. The SMILES string of the molecule is C=CCOc1ccc(F)c(C(C)O)c1. The van der Waals surface area contributed by atoms with Crippen LogP contribution in [0.25, 0.3) is 0 Å². The number of aliphatic hydroxyl groups is 1. The first kappa shape index (κ1) is 10.7. The van der Waals surface area contributed by atoms with Crippen LogP contribution in [0.5, 0.6) is 5.75 Å². The van der Waals surface area contributed by atoms with Crippen molar-refractivity contribution in [3.63, 3.8) is 0 Å². The molecule has 2 nitrogen and oxygen atoms in total. The Morgan fingerprint density at radius 3 is 2.93 bits per heavy atom. The quantitative estimate of drug-likeness (QED) is 0.749. The van der Waals surface area contributed by atoms with E-state index >= 15 is 0 Å². The van der Waals surface area contributed by atoms with E-state index in [1.807, 2.05) is 0 Å². The fourth-order valence-electron chi connectivity index (χ4n) is 1.09. The van der Waals surface area contributed by atoms with Crippen molar-refractivity contribution in [2.24, 2.45) is 0 Å². The predicted molar refractivity (Wildman–Crippen MR) is 52.7 cm³/mol. The summed E-state index contributed by atoms with van der Waals surface area (Å²) in [5, 5.41) is 9.24. The van der Waals surface area contributed by atoms with Crippen molar-refractivity contribution >= 4 is 0 Å². The van der Waals surface area contributed by atoms with E-state index in [9.17, 15) is 9.50 Å². The molecule has 0 fully saturated rings. The van der Waals surface area contributed by atoms with Gasteiger partial charge in [0.05, 0.1) is 6.10 Å². The van der Waals surface area contributed by atoms with E-state index in [4.69, 9.17) is 4.74 Å². The average Bonchev–Trinajstić information content (AvgIpc) is 2.16. The fraction of sp³-hybridized carbons (Fsp3) is 0.273. The number of hydrogen-bond acceptors (Lipinski definition) is 2. The van der Waals surface area contributed by atoms with Crippen LogP contribution in [-0.4, -0.2) is 11.7 Å². The molecule has 1 rings (SSSR count). The lowest BCUT2D eigenvalue weighted by atomic mass is 10.1. The van der Waals surface area contributed by atoms with Gasteiger partial charge in [-0.2, -0.15) is 0 Å². The van der Waals surface area contributed by atoms with E-state index in [1.54, 1.807) is 6.08 Å². The summed E-state index contributed by atoms with van der Waals surface area (Å²) in [6, 6.07) is 4.29. The van der Waals surface area contributed by atoms with Crippen molar-refractivity contribution in [3.05, 3.63) is 42.2 Å². The second kappa shape index (κ2) is 4.77. The Kier molecular flexibility index (Phi) is 3.65. The highest BCUT2D eigenvalue weighted by Crippen LogP contribution is 2.22. The van der Waals surface area contributed by atoms with Gasteiger partial charge in [0.1, 0.15) is 18.2 Å². The van der Waals surface area contributed by atoms with Crippen LogP contribution in [0.3, 0.4) is 0 Å². The molecule has 0 radical (unpaired) electrons. The third-order valence-electron chi connectivity index (χ3n) is 1.79. The summed E-state index contributed by atoms with van der Waals surface area (Å²) in [6.07, 6.45) is 0.771. The minimum atomic E-state index is -0.831. The number of hydrogen-bond donors (Lipinski definition) is 1. The molecule has 0 aliphatic heterocycles. The van der Waals surface area contributed by atoms with Crippen LogP contribution >= 0.6 is 0 Å². The Morgan fingerprint density at radius 1 is 1.64 bits per heavy atom. The van der Waals surface area contributed by atoms with Crippen LogP contribution in [0.2, 0.25) is 0 Å². The zero-order chi connectivity index (χ0) is 10.6. The van der Waals surface area contributed by atoms with Crippen LogP contribution < -0.4 is 4.74 Å². The first-order valence-electron chi connectivity index (χ1n) is 4.36. The molecule has 0 aliphatic carbocycles. The lowest BCUT2D eigenvalue weighted by Crippen LogP contribution is -1.98. The predicted octanol–water partition coefficient (Wildman–Crippen LogP) is 2.44. The normalized spacial score (nSPS) is 12.2. The Bertz CT molecular complexity index is 321. The van der Waals surface area contributed by atoms with Crippen molar-refractivity contribution in [1.29, 1.82) is 0 Å². The van der Waals surface area contributed by atoms with Crippen molar-refractivity contribution in [2.75, 3.05) is 6.61 Å². The van der Waals surface area contributed by atoms with E-state index < -0.39 is 11.9 Å². The molecule has 3 heteroatoms. The van der Waals surface area contributed by atoms with E-state index in [0.717, 1.165) is 0 Å². The lowest BCUT2D eigenvalue weighted by Gasteiger charge is -2.09. The second-order valence-corrected chi connectivity index (χ2v) is 2.96. The topological polar surface area (TPSA) is 29.5 Å². The molecule has 0 heterocycles. The minimum Gasteiger partial charge on any atom is -0.490 e. The van der Waals surface area contributed by atoms with Gasteiger partial charge in [-0.25, -0.2) is 4.39 Å². The Hall–Kier alpha value is -1.35. The van der Waals surface area contributed by atoms with E-state index in [-0.39, 0.29) is 5.56 Å². The molecule has 1 unspecified atom stereocenters. The van der Waals surface area contributed by atoms with Gasteiger partial charge in [0.25, 0.3) is 0 Å². The minimum absolute atomic E-state index is 0.242. The largest absolute Gasteiger partial charge is 0.490 e. The van der Waals surface area contributed by atoms with Gasteiger partial charge in [-0.3, -0.25) is 0 Å². The summed E-state index contributed by atoms with van der Waals surface area (Å²) >= 11 is 0. The first-order chi connectivity index (χ1) is 6.65. The molecule has 0 saturated heterocycles. The molecule has 1 aromatic rings. The second-order valence-electron chi connectivity index (χ2n) is 2.96. The molecule has 0 aromatic heterocycles. The molecule has 0 amide bonds. The van der Waals surface area contributed by atoms with Gasteiger partial charge in [-0.1, -0.05) is 12.7 Å². The van der Waals surface area contributed by atoms with Crippen molar-refractivity contribution in [3.8, 4) is 5.75 Å². The van der Waals surface area contributed by atoms with Gasteiger partial charge >= 0.3 is 0 Å². The Labute approximate surface area is 82.6 Å². The van der Waals surface area contributed by atoms with Crippen molar-refractivity contribution in [2.45, 2.75) is 13.0 Å². The first-order valence-corrected chi connectivity index (χ1v) is 4.36. The molecule has 0 aliphatic rings. The van der Waals surface area contributed by atoms with Crippen LogP contribution in [0.4, 0.5) is 4.39 Å². The summed E-state index contributed by atoms with van der Waals surface area (Å²) in [4.78, 5) is 0. The van der Waals surface area contributed by atoms with Gasteiger partial charge in [-0.15, -0.1) is 0 Å². The zero-order valence-electron chi connectivity index (χ0n) is 8.03. The van der Waals surface area contributed by atoms with Gasteiger partial charge in [0.15, 0.2) is 0 Å². The summed E-state index contributed by atoms with van der Waals surface area (Å²) in [5.74, 6) is 0.105. The van der Waals surface area contributed by atoms with E-state index in [0.29, 0.717) is 12.4 Å².